The lowest BCUT2D eigenvalue weighted by Gasteiger charge is -2.36. The van der Waals surface area contributed by atoms with E-state index in [0.717, 1.165) is 5.96 Å². The van der Waals surface area contributed by atoms with E-state index in [1.54, 1.807) is 18.9 Å². The number of rotatable bonds is 3. The number of aliphatic imine (C=N–C) groups is 1. The summed E-state index contributed by atoms with van der Waals surface area (Å²) < 4.78 is 28.0. The standard InChI is InChI=1S/C14H26N4O4S/c1-3-22-14(19)18-7-5-17(6-8-18)13(15-2)16-10-12-4-9-23(20,21)11-12/h12H,3-11H2,1-2H3,(H,15,16). The van der Waals surface area contributed by atoms with Crippen LogP contribution in [0, 0.1) is 5.92 Å². The van der Waals surface area contributed by atoms with E-state index in [1.807, 2.05) is 0 Å². The number of piperazine rings is 1. The SMILES string of the molecule is CCOC(=O)N1CCN(C(=NC)NCC2CCS(=O)(=O)C2)CC1. The van der Waals surface area contributed by atoms with Crippen LogP contribution in [0.5, 0.6) is 0 Å². The monoisotopic (exact) mass is 346 g/mol. The van der Waals surface area contributed by atoms with Gasteiger partial charge < -0.3 is 19.9 Å². The van der Waals surface area contributed by atoms with E-state index < -0.39 is 9.84 Å². The van der Waals surface area contributed by atoms with Gasteiger partial charge in [-0.05, 0) is 19.3 Å². The molecule has 2 aliphatic rings. The van der Waals surface area contributed by atoms with E-state index in [1.165, 1.54) is 0 Å². The highest BCUT2D eigenvalue weighted by Gasteiger charge is 2.29. The van der Waals surface area contributed by atoms with E-state index in [4.69, 9.17) is 4.74 Å². The molecule has 1 amide bonds. The highest BCUT2D eigenvalue weighted by atomic mass is 32.2. The summed E-state index contributed by atoms with van der Waals surface area (Å²) in [4.78, 5) is 19.7. The first-order valence-corrected chi connectivity index (χ1v) is 9.85. The van der Waals surface area contributed by atoms with Gasteiger partial charge in [0.2, 0.25) is 0 Å². The molecule has 0 radical (unpaired) electrons. The first-order chi connectivity index (χ1) is 10.9. The lowest BCUT2D eigenvalue weighted by Crippen LogP contribution is -2.54. The molecule has 8 nitrogen and oxygen atoms in total. The van der Waals surface area contributed by atoms with Gasteiger partial charge in [-0.3, -0.25) is 4.99 Å². The van der Waals surface area contributed by atoms with Crippen molar-refractivity contribution in [2.45, 2.75) is 13.3 Å². The predicted octanol–water partition coefficient (Wildman–Crippen LogP) is -0.229. The number of guanidine groups is 1. The summed E-state index contributed by atoms with van der Waals surface area (Å²) in [5.74, 6) is 1.46. The van der Waals surface area contributed by atoms with Crippen LogP contribution in [0.25, 0.3) is 0 Å². The van der Waals surface area contributed by atoms with E-state index in [-0.39, 0.29) is 23.5 Å². The zero-order valence-electron chi connectivity index (χ0n) is 13.8. The molecule has 1 atom stereocenters. The number of sulfone groups is 1. The molecule has 1 unspecified atom stereocenters. The van der Waals surface area contributed by atoms with Crippen LogP contribution in [0.1, 0.15) is 13.3 Å². The Bertz CT molecular complexity index is 541. The quantitative estimate of drug-likeness (QED) is 0.561. The van der Waals surface area contributed by atoms with Crippen LogP contribution >= 0.6 is 0 Å². The maximum absolute atomic E-state index is 11.7. The number of carbonyl (C=O) groups is 1. The molecule has 2 saturated heterocycles. The second-order valence-electron chi connectivity index (χ2n) is 5.87. The second kappa shape index (κ2) is 7.85. The van der Waals surface area contributed by atoms with E-state index in [2.05, 4.69) is 15.2 Å². The molecule has 2 fully saturated rings. The normalized spacial score (nSPS) is 24.6. The smallest absolute Gasteiger partial charge is 0.409 e. The minimum absolute atomic E-state index is 0.151. The molecule has 0 bridgehead atoms. The predicted molar refractivity (Wildman–Crippen MR) is 88.3 cm³/mol. The van der Waals surface area contributed by atoms with Gasteiger partial charge in [-0.2, -0.15) is 0 Å². The van der Waals surface area contributed by atoms with Crippen molar-refractivity contribution in [3.63, 3.8) is 0 Å². The number of amides is 1. The van der Waals surface area contributed by atoms with E-state index in [9.17, 15) is 13.2 Å². The number of nitrogens with one attached hydrogen (secondary N) is 1. The summed E-state index contributed by atoms with van der Waals surface area (Å²) in [6.07, 6.45) is 0.439. The van der Waals surface area contributed by atoms with Gasteiger partial charge in [-0.15, -0.1) is 0 Å². The third kappa shape index (κ3) is 4.98. The maximum Gasteiger partial charge on any atom is 0.409 e. The minimum Gasteiger partial charge on any atom is -0.450 e. The van der Waals surface area contributed by atoms with Gasteiger partial charge in [-0.1, -0.05) is 0 Å². The number of ether oxygens (including phenoxy) is 1. The lowest BCUT2D eigenvalue weighted by molar-refractivity contribution is 0.0914. The summed E-state index contributed by atoms with van der Waals surface area (Å²) in [7, 11) is -1.14. The summed E-state index contributed by atoms with van der Waals surface area (Å²) in [5, 5.41) is 3.26. The third-order valence-electron chi connectivity index (χ3n) is 4.19. The topological polar surface area (TPSA) is 91.3 Å². The minimum atomic E-state index is -2.85. The zero-order valence-corrected chi connectivity index (χ0v) is 14.6. The van der Waals surface area contributed by atoms with Crippen LogP contribution in [0.4, 0.5) is 4.79 Å². The van der Waals surface area contributed by atoms with Crippen molar-refractivity contribution in [3.8, 4) is 0 Å². The largest absolute Gasteiger partial charge is 0.450 e. The Morgan fingerprint density at radius 1 is 1.26 bits per heavy atom. The van der Waals surface area contributed by atoms with Crippen LogP contribution in [0.2, 0.25) is 0 Å². The molecule has 0 saturated carbocycles. The zero-order chi connectivity index (χ0) is 16.9. The molecule has 2 heterocycles. The van der Waals surface area contributed by atoms with Crippen LogP contribution in [-0.4, -0.2) is 88.2 Å². The highest BCUT2D eigenvalue weighted by molar-refractivity contribution is 7.91. The molecular weight excluding hydrogens is 320 g/mol. The Morgan fingerprint density at radius 2 is 1.91 bits per heavy atom. The molecule has 2 rings (SSSR count). The Hall–Kier alpha value is -1.51. The Morgan fingerprint density at radius 3 is 2.43 bits per heavy atom. The number of nitrogens with zero attached hydrogens (tertiary/aromatic N) is 3. The van der Waals surface area contributed by atoms with Crippen molar-refractivity contribution in [3.05, 3.63) is 0 Å². The lowest BCUT2D eigenvalue weighted by atomic mass is 10.1. The molecule has 132 valence electrons. The van der Waals surface area contributed by atoms with Gasteiger partial charge in [0.1, 0.15) is 0 Å². The van der Waals surface area contributed by atoms with Crippen LogP contribution in [-0.2, 0) is 14.6 Å². The average Bonchev–Trinajstić information content (AvgIpc) is 2.88. The molecule has 1 N–H and O–H groups in total. The molecule has 23 heavy (non-hydrogen) atoms. The fourth-order valence-corrected chi connectivity index (χ4v) is 4.78. The number of carbonyl (C=O) groups excluding carboxylic acids is 1. The molecule has 0 aliphatic carbocycles. The van der Waals surface area contributed by atoms with E-state index in [0.29, 0.717) is 45.8 Å². The highest BCUT2D eigenvalue weighted by Crippen LogP contribution is 2.17. The molecule has 2 aliphatic heterocycles. The van der Waals surface area contributed by atoms with Crippen molar-refractivity contribution in [2.24, 2.45) is 10.9 Å². The third-order valence-corrected chi connectivity index (χ3v) is 6.03. The first-order valence-electron chi connectivity index (χ1n) is 8.03. The fourth-order valence-electron chi connectivity index (χ4n) is 2.92. The van der Waals surface area contributed by atoms with Gasteiger partial charge in [0, 0.05) is 39.8 Å². The van der Waals surface area contributed by atoms with Crippen LogP contribution < -0.4 is 5.32 Å². The average molecular weight is 346 g/mol. The summed E-state index contributed by atoms with van der Waals surface area (Å²) in [5.41, 5.74) is 0. The maximum atomic E-state index is 11.7. The number of hydrogen-bond donors (Lipinski definition) is 1. The van der Waals surface area contributed by atoms with Gasteiger partial charge in [0.05, 0.1) is 18.1 Å². The fraction of sp³-hybridized carbons (Fsp3) is 0.857. The molecule has 0 aromatic rings. The molecule has 0 aromatic carbocycles. The Balaban J connectivity index is 1.78. The van der Waals surface area contributed by atoms with Crippen LogP contribution in [0.3, 0.4) is 0 Å². The summed E-state index contributed by atoms with van der Waals surface area (Å²) >= 11 is 0. The van der Waals surface area contributed by atoms with Crippen molar-refractivity contribution in [2.75, 3.05) is 57.9 Å². The molecule has 0 aromatic heterocycles. The van der Waals surface area contributed by atoms with Gasteiger partial charge in [0.25, 0.3) is 0 Å². The Labute approximate surface area is 137 Å². The van der Waals surface area contributed by atoms with Crippen molar-refractivity contribution in [1.29, 1.82) is 0 Å². The van der Waals surface area contributed by atoms with Gasteiger partial charge in [-0.25, -0.2) is 13.2 Å². The van der Waals surface area contributed by atoms with Gasteiger partial charge in [0.15, 0.2) is 15.8 Å². The van der Waals surface area contributed by atoms with Crippen molar-refractivity contribution < 1.29 is 17.9 Å². The summed E-state index contributed by atoms with van der Waals surface area (Å²) in [6, 6.07) is 0. The first kappa shape index (κ1) is 17.8. The van der Waals surface area contributed by atoms with Crippen molar-refractivity contribution >= 4 is 21.9 Å². The number of hydrogen-bond acceptors (Lipinski definition) is 5. The van der Waals surface area contributed by atoms with E-state index >= 15 is 0 Å². The van der Waals surface area contributed by atoms with Crippen molar-refractivity contribution in [1.82, 2.24) is 15.1 Å². The van der Waals surface area contributed by atoms with Crippen LogP contribution in [0.15, 0.2) is 4.99 Å². The molecular formula is C14H26N4O4S. The Kier molecular flexibility index (Phi) is 6.09. The summed E-state index contributed by atoms with van der Waals surface area (Å²) in [6.45, 7) is 5.34. The van der Waals surface area contributed by atoms with Gasteiger partial charge >= 0.3 is 6.09 Å². The molecule has 0 spiro atoms. The second-order valence-corrected chi connectivity index (χ2v) is 8.10. The molecule has 9 heteroatoms.